The number of hydrogen-bond acceptors (Lipinski definition) is 4. The van der Waals surface area contributed by atoms with Crippen LogP contribution in [0.3, 0.4) is 0 Å². The highest BCUT2D eigenvalue weighted by atomic mass is 32.1. The Bertz CT molecular complexity index is 892. The van der Waals surface area contributed by atoms with Gasteiger partial charge in [0.1, 0.15) is 11.5 Å². The van der Waals surface area contributed by atoms with E-state index in [0.29, 0.717) is 11.8 Å². The number of thiophene rings is 2. The number of ether oxygens (including phenoxy) is 2. The van der Waals surface area contributed by atoms with Crippen molar-refractivity contribution in [3.05, 3.63) is 22.9 Å². The third kappa shape index (κ3) is 9.44. The molecule has 3 aromatic rings. The van der Waals surface area contributed by atoms with Crippen molar-refractivity contribution in [1.82, 2.24) is 0 Å². The Labute approximate surface area is 241 Å². The standard InChI is InChI=1S/C34H54O2S2/c1-5-9-13-15-19-27(17-11-7-3)25-35-31-29-21-23-38-34(29)32(30-22-24-37-33(30)31)36-26-28(18-12-8-4)20-16-14-10-6-2/h21-24,27-28H,5-20,25-26H2,1-4H3/t27-,28+. The summed E-state index contributed by atoms with van der Waals surface area (Å²) in [6.07, 6.45) is 20.9. The molecule has 0 bridgehead atoms. The van der Waals surface area contributed by atoms with E-state index >= 15 is 0 Å². The Morgan fingerprint density at radius 2 is 0.921 bits per heavy atom. The molecule has 3 rings (SSSR count). The molecule has 0 fully saturated rings. The number of unbranched alkanes of at least 4 members (excludes halogenated alkanes) is 8. The van der Waals surface area contributed by atoms with Crippen molar-refractivity contribution in [2.24, 2.45) is 11.8 Å². The molecular weight excluding hydrogens is 505 g/mol. The maximum atomic E-state index is 6.74. The molecule has 0 saturated heterocycles. The van der Waals surface area contributed by atoms with E-state index in [2.05, 4.69) is 50.6 Å². The Balaban J connectivity index is 1.75. The Kier molecular flexibility index (Phi) is 14.9. The summed E-state index contributed by atoms with van der Waals surface area (Å²) in [5.41, 5.74) is 0. The molecule has 0 spiro atoms. The van der Waals surface area contributed by atoms with Gasteiger partial charge >= 0.3 is 0 Å². The summed E-state index contributed by atoms with van der Waals surface area (Å²) in [5, 5.41) is 6.92. The van der Waals surface area contributed by atoms with Gasteiger partial charge in [-0.15, -0.1) is 22.7 Å². The van der Waals surface area contributed by atoms with E-state index in [1.165, 1.54) is 123 Å². The van der Waals surface area contributed by atoms with Crippen molar-refractivity contribution < 1.29 is 9.47 Å². The normalized spacial score (nSPS) is 13.4. The van der Waals surface area contributed by atoms with Crippen molar-refractivity contribution in [1.29, 1.82) is 0 Å². The van der Waals surface area contributed by atoms with Crippen LogP contribution in [0.15, 0.2) is 22.9 Å². The molecule has 0 aliphatic carbocycles. The monoisotopic (exact) mass is 558 g/mol. The van der Waals surface area contributed by atoms with Crippen LogP contribution in [0.25, 0.3) is 20.2 Å². The lowest BCUT2D eigenvalue weighted by atomic mass is 9.96. The highest BCUT2D eigenvalue weighted by Crippen LogP contribution is 2.47. The number of hydrogen-bond donors (Lipinski definition) is 0. The van der Waals surface area contributed by atoms with Crippen LogP contribution < -0.4 is 9.47 Å². The van der Waals surface area contributed by atoms with Gasteiger partial charge < -0.3 is 9.47 Å². The smallest absolute Gasteiger partial charge is 0.146 e. The highest BCUT2D eigenvalue weighted by Gasteiger charge is 2.21. The highest BCUT2D eigenvalue weighted by molar-refractivity contribution is 7.19. The summed E-state index contributed by atoms with van der Waals surface area (Å²) < 4.78 is 16.0. The van der Waals surface area contributed by atoms with Crippen LogP contribution in [0.2, 0.25) is 0 Å². The van der Waals surface area contributed by atoms with Crippen molar-refractivity contribution >= 4 is 42.8 Å². The maximum Gasteiger partial charge on any atom is 0.146 e. The van der Waals surface area contributed by atoms with E-state index in [1.807, 2.05) is 22.7 Å². The van der Waals surface area contributed by atoms with E-state index < -0.39 is 0 Å². The van der Waals surface area contributed by atoms with Gasteiger partial charge in [-0.25, -0.2) is 0 Å². The third-order valence-corrected chi connectivity index (χ3v) is 9.85. The first-order valence-corrected chi connectivity index (χ1v) is 17.6. The average molecular weight is 559 g/mol. The molecule has 1 aromatic carbocycles. The van der Waals surface area contributed by atoms with Crippen molar-refractivity contribution in [2.45, 2.75) is 130 Å². The molecule has 2 aromatic heterocycles. The van der Waals surface area contributed by atoms with E-state index in [0.717, 1.165) is 24.7 Å². The van der Waals surface area contributed by atoms with Crippen molar-refractivity contribution in [3.63, 3.8) is 0 Å². The van der Waals surface area contributed by atoms with Gasteiger partial charge in [-0.3, -0.25) is 0 Å². The Morgan fingerprint density at radius 1 is 0.526 bits per heavy atom. The van der Waals surface area contributed by atoms with Gasteiger partial charge in [-0.2, -0.15) is 0 Å². The third-order valence-electron chi connectivity index (χ3n) is 8.02. The van der Waals surface area contributed by atoms with Crippen LogP contribution in [0.4, 0.5) is 0 Å². The summed E-state index contributed by atoms with van der Waals surface area (Å²) in [4.78, 5) is 0. The van der Waals surface area contributed by atoms with Crippen LogP contribution in [0, 0.1) is 11.8 Å². The van der Waals surface area contributed by atoms with E-state index in [-0.39, 0.29) is 0 Å². The molecule has 0 amide bonds. The molecule has 0 radical (unpaired) electrons. The van der Waals surface area contributed by atoms with Crippen LogP contribution in [0.1, 0.15) is 130 Å². The van der Waals surface area contributed by atoms with Crippen LogP contribution in [-0.2, 0) is 0 Å². The van der Waals surface area contributed by atoms with E-state index in [9.17, 15) is 0 Å². The molecule has 0 unspecified atom stereocenters. The van der Waals surface area contributed by atoms with Gasteiger partial charge in [0.05, 0.1) is 22.6 Å². The molecule has 2 nitrogen and oxygen atoms in total. The molecule has 214 valence electrons. The van der Waals surface area contributed by atoms with Gasteiger partial charge in [0.15, 0.2) is 0 Å². The zero-order valence-corrected chi connectivity index (χ0v) is 26.5. The fourth-order valence-corrected chi connectivity index (χ4v) is 7.40. The average Bonchev–Trinajstić information content (AvgIpc) is 3.62. The molecular formula is C34H54O2S2. The number of fused-ring (bicyclic) bond motifs is 2. The van der Waals surface area contributed by atoms with E-state index in [1.54, 1.807) is 0 Å². The van der Waals surface area contributed by atoms with Gasteiger partial charge in [0.25, 0.3) is 0 Å². The quantitative estimate of drug-likeness (QED) is 0.114. The lowest BCUT2D eigenvalue weighted by Crippen LogP contribution is -2.14. The minimum atomic E-state index is 0.651. The minimum Gasteiger partial charge on any atom is -0.491 e. The second-order valence-electron chi connectivity index (χ2n) is 11.3. The van der Waals surface area contributed by atoms with Crippen LogP contribution in [0.5, 0.6) is 11.5 Å². The molecule has 0 N–H and O–H groups in total. The van der Waals surface area contributed by atoms with Gasteiger partial charge in [0, 0.05) is 10.8 Å². The second-order valence-corrected chi connectivity index (χ2v) is 13.2. The largest absolute Gasteiger partial charge is 0.491 e. The van der Waals surface area contributed by atoms with Crippen molar-refractivity contribution in [2.75, 3.05) is 13.2 Å². The SMILES string of the molecule is CCCCCC[C@@H](CCCC)COc1c2ccsc2c(OC[C@@H](CCCC)CCCCCC)c2ccsc12. The lowest BCUT2D eigenvalue weighted by Gasteiger charge is -2.21. The Hall–Kier alpha value is -1.26. The van der Waals surface area contributed by atoms with Crippen molar-refractivity contribution in [3.8, 4) is 11.5 Å². The summed E-state index contributed by atoms with van der Waals surface area (Å²) in [6, 6.07) is 4.51. The summed E-state index contributed by atoms with van der Waals surface area (Å²) in [7, 11) is 0. The van der Waals surface area contributed by atoms with E-state index in [4.69, 9.17) is 9.47 Å². The molecule has 2 heterocycles. The summed E-state index contributed by atoms with van der Waals surface area (Å²) in [6.45, 7) is 10.9. The molecule has 2 atom stereocenters. The maximum absolute atomic E-state index is 6.74. The fourth-order valence-electron chi connectivity index (χ4n) is 5.59. The zero-order valence-electron chi connectivity index (χ0n) is 24.8. The van der Waals surface area contributed by atoms with Gasteiger partial charge in [-0.1, -0.05) is 105 Å². The number of benzene rings is 1. The zero-order chi connectivity index (χ0) is 27.0. The molecule has 0 aliphatic heterocycles. The molecule has 0 aliphatic rings. The fraction of sp³-hybridized carbons (Fsp3) is 0.706. The minimum absolute atomic E-state index is 0.651. The number of rotatable bonds is 22. The molecule has 0 saturated carbocycles. The first-order chi connectivity index (χ1) is 18.7. The van der Waals surface area contributed by atoms with Gasteiger partial charge in [-0.05, 0) is 60.4 Å². The topological polar surface area (TPSA) is 18.5 Å². The molecule has 38 heavy (non-hydrogen) atoms. The predicted octanol–water partition coefficient (Wildman–Crippen LogP) is 12.4. The van der Waals surface area contributed by atoms with Gasteiger partial charge in [0.2, 0.25) is 0 Å². The van der Waals surface area contributed by atoms with Crippen LogP contribution >= 0.6 is 22.7 Å². The summed E-state index contributed by atoms with van der Waals surface area (Å²) in [5.74, 6) is 3.49. The first kappa shape index (κ1) is 31.3. The van der Waals surface area contributed by atoms with Crippen LogP contribution in [-0.4, -0.2) is 13.2 Å². The molecule has 4 heteroatoms. The summed E-state index contributed by atoms with van der Waals surface area (Å²) >= 11 is 3.61. The lowest BCUT2D eigenvalue weighted by molar-refractivity contribution is 0.227. The first-order valence-electron chi connectivity index (χ1n) is 15.9. The Morgan fingerprint density at radius 3 is 1.32 bits per heavy atom. The predicted molar refractivity (Wildman–Crippen MR) is 172 cm³/mol. The second kappa shape index (κ2) is 18.2.